The van der Waals surface area contributed by atoms with Gasteiger partial charge in [-0.3, -0.25) is 13.9 Å². The lowest BCUT2D eigenvalue weighted by atomic mass is 10.1. The molecule has 176 valence electrons. The highest BCUT2D eigenvalue weighted by Gasteiger charge is 2.35. The molecule has 0 bridgehead atoms. The second-order valence-corrected chi connectivity index (χ2v) is 10.6. The smallest absolute Gasteiger partial charge is 0.267 e. The fourth-order valence-corrected chi connectivity index (χ4v) is 5.18. The van der Waals surface area contributed by atoms with Gasteiger partial charge in [-0.15, -0.1) is 0 Å². The van der Waals surface area contributed by atoms with Crippen molar-refractivity contribution in [3.63, 3.8) is 0 Å². The molecule has 2 aromatic rings. The minimum absolute atomic E-state index is 0.130. The molecule has 0 saturated carbocycles. The maximum atomic E-state index is 13.2. The molecular formula is C23H26ClN3O5S. The quantitative estimate of drug-likeness (QED) is 0.706. The highest BCUT2D eigenvalue weighted by atomic mass is 35.5. The average molecular weight is 492 g/mol. The summed E-state index contributed by atoms with van der Waals surface area (Å²) < 4.78 is 31.7. The van der Waals surface area contributed by atoms with Crippen LogP contribution in [0.15, 0.2) is 42.5 Å². The summed E-state index contributed by atoms with van der Waals surface area (Å²) in [6.07, 6.45) is 4.08. The maximum absolute atomic E-state index is 13.2. The van der Waals surface area contributed by atoms with Gasteiger partial charge in [-0.05, 0) is 43.2 Å². The standard InChI is InChI=1S/C23H26ClN3O5S/c1-33(30,31)27-15-21(32-20-11-10-16(24)14-19(20)27)22(28)25-18-9-5-4-8-17(18)23(29)26-12-6-2-3-7-13-26/h4-5,8-11,14,21H,2-3,6-7,12-13,15H2,1H3,(H,25,28)/t21-/m1/s1. The van der Waals surface area contributed by atoms with E-state index in [-0.39, 0.29) is 23.9 Å². The first kappa shape index (κ1) is 23.4. The van der Waals surface area contributed by atoms with Crippen LogP contribution < -0.4 is 14.4 Å². The minimum atomic E-state index is -3.68. The largest absolute Gasteiger partial charge is 0.476 e. The van der Waals surface area contributed by atoms with Crippen LogP contribution in [0.2, 0.25) is 5.02 Å². The Kier molecular flexibility index (Phi) is 6.81. The number of sulfonamides is 1. The zero-order chi connectivity index (χ0) is 23.6. The fourth-order valence-electron chi connectivity index (χ4n) is 4.11. The Morgan fingerprint density at radius 3 is 2.45 bits per heavy atom. The SMILES string of the molecule is CS(=O)(=O)N1C[C@H](C(=O)Nc2ccccc2C(=O)N2CCCCCC2)Oc2ccc(Cl)cc21. The minimum Gasteiger partial charge on any atom is -0.476 e. The molecule has 2 aromatic carbocycles. The summed E-state index contributed by atoms with van der Waals surface area (Å²) in [4.78, 5) is 28.1. The first-order valence-corrected chi connectivity index (χ1v) is 13.1. The lowest BCUT2D eigenvalue weighted by Crippen LogP contribution is -2.48. The summed E-state index contributed by atoms with van der Waals surface area (Å²) >= 11 is 6.03. The number of fused-ring (bicyclic) bond motifs is 1. The Bertz CT molecular complexity index is 1160. The van der Waals surface area contributed by atoms with Crippen LogP contribution in [0.1, 0.15) is 36.0 Å². The summed E-state index contributed by atoms with van der Waals surface area (Å²) in [5.74, 6) is -0.430. The van der Waals surface area contributed by atoms with E-state index >= 15 is 0 Å². The monoisotopic (exact) mass is 491 g/mol. The molecule has 0 radical (unpaired) electrons. The molecule has 0 unspecified atom stereocenters. The molecule has 2 amide bonds. The second kappa shape index (κ2) is 9.61. The highest BCUT2D eigenvalue weighted by molar-refractivity contribution is 7.92. The van der Waals surface area contributed by atoms with Gasteiger partial charge in [0.2, 0.25) is 10.0 Å². The van der Waals surface area contributed by atoms with Gasteiger partial charge in [0, 0.05) is 18.1 Å². The lowest BCUT2D eigenvalue weighted by molar-refractivity contribution is -0.122. The zero-order valence-corrected chi connectivity index (χ0v) is 19.9. The summed E-state index contributed by atoms with van der Waals surface area (Å²) in [6.45, 7) is 1.17. The van der Waals surface area contributed by atoms with Crippen LogP contribution >= 0.6 is 11.6 Å². The van der Waals surface area contributed by atoms with Crippen molar-refractivity contribution in [1.82, 2.24) is 4.90 Å². The first-order valence-electron chi connectivity index (χ1n) is 10.9. The molecule has 1 fully saturated rings. The molecule has 8 nitrogen and oxygen atoms in total. The van der Waals surface area contributed by atoms with Crippen molar-refractivity contribution in [1.29, 1.82) is 0 Å². The molecule has 0 aromatic heterocycles. The van der Waals surface area contributed by atoms with E-state index in [1.165, 1.54) is 12.1 Å². The number of likely N-dealkylation sites (tertiary alicyclic amines) is 1. The number of benzene rings is 2. The Hall–Kier alpha value is -2.78. The fraction of sp³-hybridized carbons (Fsp3) is 0.391. The number of hydrogen-bond acceptors (Lipinski definition) is 5. The number of carbonyl (C=O) groups excluding carboxylic acids is 2. The van der Waals surface area contributed by atoms with Crippen LogP contribution in [-0.2, 0) is 14.8 Å². The van der Waals surface area contributed by atoms with E-state index in [9.17, 15) is 18.0 Å². The van der Waals surface area contributed by atoms with Gasteiger partial charge in [0.25, 0.3) is 11.8 Å². The molecule has 2 aliphatic rings. The molecule has 33 heavy (non-hydrogen) atoms. The third-order valence-corrected chi connectivity index (χ3v) is 7.17. The van der Waals surface area contributed by atoms with Crippen LogP contribution in [0.4, 0.5) is 11.4 Å². The van der Waals surface area contributed by atoms with Crippen LogP contribution in [0, 0.1) is 0 Å². The van der Waals surface area contributed by atoms with Crippen LogP contribution in [-0.4, -0.2) is 57.1 Å². The van der Waals surface area contributed by atoms with Crippen molar-refractivity contribution in [2.45, 2.75) is 31.8 Å². The second-order valence-electron chi connectivity index (χ2n) is 8.25. The zero-order valence-electron chi connectivity index (χ0n) is 18.3. The number of para-hydroxylation sites is 1. The van der Waals surface area contributed by atoms with Gasteiger partial charge in [0.05, 0.1) is 29.7 Å². The maximum Gasteiger partial charge on any atom is 0.267 e. The Labute approximate surface area is 198 Å². The first-order chi connectivity index (χ1) is 15.7. The molecule has 1 saturated heterocycles. The summed E-state index contributed by atoms with van der Waals surface area (Å²) in [6, 6.07) is 11.4. The number of nitrogens with one attached hydrogen (secondary N) is 1. The predicted molar refractivity (Wildman–Crippen MR) is 128 cm³/mol. The third kappa shape index (κ3) is 5.25. The van der Waals surface area contributed by atoms with Gasteiger partial charge in [0.1, 0.15) is 5.75 Å². The number of halogens is 1. The van der Waals surface area contributed by atoms with E-state index in [1.54, 1.807) is 30.3 Å². The van der Waals surface area contributed by atoms with Crippen LogP contribution in [0.25, 0.3) is 0 Å². The van der Waals surface area contributed by atoms with Crippen molar-refractivity contribution in [3.05, 3.63) is 53.1 Å². The van der Waals surface area contributed by atoms with Gasteiger partial charge < -0.3 is 15.0 Å². The van der Waals surface area contributed by atoms with E-state index in [0.29, 0.717) is 29.4 Å². The number of amides is 2. The van der Waals surface area contributed by atoms with Crippen molar-refractivity contribution >= 4 is 44.8 Å². The topological polar surface area (TPSA) is 96.0 Å². The van der Waals surface area contributed by atoms with E-state index < -0.39 is 22.0 Å². The van der Waals surface area contributed by atoms with Gasteiger partial charge in [-0.2, -0.15) is 0 Å². The molecule has 10 heteroatoms. The third-order valence-electron chi connectivity index (χ3n) is 5.79. The Balaban J connectivity index is 1.57. The molecule has 0 aliphatic carbocycles. The number of hydrogen-bond donors (Lipinski definition) is 1. The Morgan fingerprint density at radius 2 is 1.76 bits per heavy atom. The predicted octanol–water partition coefficient (Wildman–Crippen LogP) is 3.52. The molecule has 2 aliphatic heterocycles. The number of anilines is 2. The van der Waals surface area contributed by atoms with Crippen molar-refractivity contribution in [2.75, 3.05) is 35.5 Å². The van der Waals surface area contributed by atoms with Crippen molar-refractivity contribution in [3.8, 4) is 5.75 Å². The Morgan fingerprint density at radius 1 is 1.06 bits per heavy atom. The number of rotatable bonds is 4. The molecule has 0 spiro atoms. The molecule has 2 heterocycles. The van der Waals surface area contributed by atoms with E-state index in [2.05, 4.69) is 5.32 Å². The van der Waals surface area contributed by atoms with Gasteiger partial charge in [-0.25, -0.2) is 8.42 Å². The molecule has 1 atom stereocenters. The van der Waals surface area contributed by atoms with E-state index in [4.69, 9.17) is 16.3 Å². The molecule has 1 N–H and O–H groups in total. The normalized spacial score (nSPS) is 18.7. The van der Waals surface area contributed by atoms with Gasteiger partial charge >= 0.3 is 0 Å². The summed E-state index contributed by atoms with van der Waals surface area (Å²) in [5, 5.41) is 3.13. The molecular weight excluding hydrogens is 466 g/mol. The summed E-state index contributed by atoms with van der Waals surface area (Å²) in [5.41, 5.74) is 1.05. The van der Waals surface area contributed by atoms with Crippen molar-refractivity contribution < 1.29 is 22.7 Å². The van der Waals surface area contributed by atoms with Gasteiger partial charge in [0.15, 0.2) is 6.10 Å². The summed E-state index contributed by atoms with van der Waals surface area (Å²) in [7, 11) is -3.68. The number of carbonyl (C=O) groups is 2. The van der Waals surface area contributed by atoms with Crippen molar-refractivity contribution in [2.24, 2.45) is 0 Å². The van der Waals surface area contributed by atoms with Crippen LogP contribution in [0.3, 0.4) is 0 Å². The van der Waals surface area contributed by atoms with Crippen LogP contribution in [0.5, 0.6) is 5.75 Å². The number of ether oxygens (including phenoxy) is 1. The van der Waals surface area contributed by atoms with E-state index in [1.807, 2.05) is 4.90 Å². The molecule has 4 rings (SSSR count). The van der Waals surface area contributed by atoms with E-state index in [0.717, 1.165) is 36.2 Å². The highest BCUT2D eigenvalue weighted by Crippen LogP contribution is 2.37. The average Bonchev–Trinajstić information content (AvgIpc) is 3.07. The van der Waals surface area contributed by atoms with Gasteiger partial charge in [-0.1, -0.05) is 36.6 Å². The lowest BCUT2D eigenvalue weighted by Gasteiger charge is -2.34. The number of nitrogens with zero attached hydrogens (tertiary/aromatic N) is 2.